The van der Waals surface area contributed by atoms with Crippen molar-refractivity contribution in [1.82, 2.24) is 5.32 Å². The van der Waals surface area contributed by atoms with Crippen LogP contribution in [0.4, 0.5) is 26.3 Å². The van der Waals surface area contributed by atoms with Gasteiger partial charge in [-0.2, -0.15) is 26.3 Å². The van der Waals surface area contributed by atoms with Gasteiger partial charge in [0.1, 0.15) is 11.8 Å². The number of nitrogens with one attached hydrogen (secondary N) is 1. The monoisotopic (exact) mass is 413 g/mol. The van der Waals surface area contributed by atoms with Gasteiger partial charge in [0.15, 0.2) is 0 Å². The second kappa shape index (κ2) is 9.07. The minimum Gasteiger partial charge on any atom is -0.480 e. The highest BCUT2D eigenvalue weighted by atomic mass is 19.4. The van der Waals surface area contributed by atoms with Gasteiger partial charge in [0, 0.05) is 12.8 Å². The second-order valence-corrected chi connectivity index (χ2v) is 5.98. The van der Waals surface area contributed by atoms with Crippen molar-refractivity contribution in [3.8, 4) is 0 Å². The van der Waals surface area contributed by atoms with E-state index in [0.29, 0.717) is 12.1 Å². The molecule has 0 fully saturated rings. The molecule has 11 heteroatoms. The molecule has 28 heavy (non-hydrogen) atoms. The summed E-state index contributed by atoms with van der Waals surface area (Å²) in [6.07, 6.45) is -11.2. The van der Waals surface area contributed by atoms with E-state index in [4.69, 9.17) is 5.11 Å². The lowest BCUT2D eigenvalue weighted by atomic mass is 10.0. The summed E-state index contributed by atoms with van der Waals surface area (Å²) in [5, 5.41) is 11.1. The van der Waals surface area contributed by atoms with Crippen LogP contribution in [-0.4, -0.2) is 28.8 Å². The summed E-state index contributed by atoms with van der Waals surface area (Å²) in [4.78, 5) is 34.3. The molecule has 1 amide bonds. The molecule has 0 aliphatic rings. The van der Waals surface area contributed by atoms with E-state index in [9.17, 15) is 40.7 Å². The number of carboxylic acid groups (broad SMARTS) is 1. The number of carbonyl (C=O) groups is 3. The van der Waals surface area contributed by atoms with Gasteiger partial charge in [0.25, 0.3) is 0 Å². The van der Waals surface area contributed by atoms with Crippen LogP contribution in [0.1, 0.15) is 42.9 Å². The summed E-state index contributed by atoms with van der Waals surface area (Å²) in [5.74, 6) is -2.81. The van der Waals surface area contributed by atoms with Crippen molar-refractivity contribution in [2.24, 2.45) is 0 Å². The fourth-order valence-electron chi connectivity index (χ4n) is 2.29. The molecule has 0 spiro atoms. The van der Waals surface area contributed by atoms with Crippen LogP contribution in [0, 0.1) is 0 Å². The molecule has 0 aliphatic heterocycles. The van der Waals surface area contributed by atoms with E-state index in [1.165, 1.54) is 0 Å². The zero-order chi connectivity index (χ0) is 21.7. The largest absolute Gasteiger partial charge is 0.480 e. The second-order valence-electron chi connectivity index (χ2n) is 5.98. The average Bonchev–Trinajstić information content (AvgIpc) is 2.56. The number of ketones is 1. The average molecular weight is 413 g/mol. The molecule has 0 aromatic heterocycles. The van der Waals surface area contributed by atoms with Gasteiger partial charge in [-0.25, -0.2) is 4.79 Å². The third-order valence-corrected chi connectivity index (χ3v) is 3.75. The van der Waals surface area contributed by atoms with E-state index >= 15 is 0 Å². The first-order chi connectivity index (χ1) is 12.7. The number of hydrogen-bond acceptors (Lipinski definition) is 3. The van der Waals surface area contributed by atoms with Crippen LogP contribution in [0.25, 0.3) is 0 Å². The number of aliphatic carboxylic acids is 1. The Kier molecular flexibility index (Phi) is 7.59. The first-order valence-corrected chi connectivity index (χ1v) is 8.06. The van der Waals surface area contributed by atoms with Gasteiger partial charge >= 0.3 is 18.3 Å². The fourth-order valence-corrected chi connectivity index (χ4v) is 2.29. The molecule has 5 nitrogen and oxygen atoms in total. The van der Waals surface area contributed by atoms with Gasteiger partial charge in [0.05, 0.1) is 17.5 Å². The smallest absolute Gasteiger partial charge is 0.416 e. The summed E-state index contributed by atoms with van der Waals surface area (Å²) >= 11 is 0. The molecular weight excluding hydrogens is 396 g/mol. The SMILES string of the molecule is CCC(=O)CC[C@@H](NC(=O)Cc1cc(C(F)(F)F)cc(C(F)(F)F)c1)C(=O)O. The Morgan fingerprint density at radius 1 is 1.00 bits per heavy atom. The Morgan fingerprint density at radius 2 is 1.50 bits per heavy atom. The number of carbonyl (C=O) groups excluding carboxylic acids is 2. The number of amides is 1. The molecule has 0 heterocycles. The summed E-state index contributed by atoms with van der Waals surface area (Å²) in [5.41, 5.74) is -3.73. The van der Waals surface area contributed by atoms with Gasteiger partial charge in [-0.3, -0.25) is 9.59 Å². The predicted octanol–water partition coefficient (Wildman–Crippen LogP) is 3.60. The molecule has 0 bridgehead atoms. The molecule has 156 valence electrons. The van der Waals surface area contributed by atoms with Crippen molar-refractivity contribution in [1.29, 1.82) is 0 Å². The zero-order valence-corrected chi connectivity index (χ0v) is 14.6. The third-order valence-electron chi connectivity index (χ3n) is 3.75. The summed E-state index contributed by atoms with van der Waals surface area (Å²) in [6, 6.07) is -0.773. The maximum Gasteiger partial charge on any atom is 0.416 e. The maximum atomic E-state index is 12.8. The summed E-state index contributed by atoms with van der Waals surface area (Å²) < 4.78 is 76.9. The normalized spacial score (nSPS) is 13.1. The highest BCUT2D eigenvalue weighted by molar-refractivity contribution is 5.85. The van der Waals surface area contributed by atoms with Crippen LogP contribution in [-0.2, 0) is 33.2 Å². The number of carboxylic acids is 1. The zero-order valence-electron chi connectivity index (χ0n) is 14.6. The molecule has 0 aliphatic carbocycles. The minimum absolute atomic E-state index is 0.0716. The van der Waals surface area contributed by atoms with Gasteiger partial charge < -0.3 is 10.4 Å². The Hall–Kier alpha value is -2.59. The number of benzene rings is 1. The lowest BCUT2D eigenvalue weighted by molar-refractivity contribution is -0.143. The molecule has 0 saturated heterocycles. The van der Waals surface area contributed by atoms with Crippen molar-refractivity contribution < 1.29 is 45.8 Å². The molecule has 1 rings (SSSR count). The van der Waals surface area contributed by atoms with Crippen LogP contribution in [0.15, 0.2) is 18.2 Å². The standard InChI is InChI=1S/C17H17F6NO4/c1-2-12(25)3-4-13(15(27)28)24-14(26)7-9-5-10(16(18,19)20)8-11(6-9)17(21,22)23/h5-6,8,13H,2-4,7H2,1H3,(H,24,26)(H,27,28)/t13-/m1/s1. The van der Waals surface area contributed by atoms with E-state index in [1.54, 1.807) is 6.92 Å². The minimum atomic E-state index is -5.06. The van der Waals surface area contributed by atoms with Gasteiger partial charge in [-0.15, -0.1) is 0 Å². The Labute approximate surface area is 155 Å². The fraction of sp³-hybridized carbons (Fsp3) is 0.471. The van der Waals surface area contributed by atoms with Crippen LogP contribution in [0.2, 0.25) is 0 Å². The maximum absolute atomic E-state index is 12.8. The molecule has 0 unspecified atom stereocenters. The first kappa shape index (κ1) is 23.4. The van der Waals surface area contributed by atoms with E-state index in [-0.39, 0.29) is 31.1 Å². The molecule has 0 radical (unpaired) electrons. The Morgan fingerprint density at radius 3 is 1.89 bits per heavy atom. The van der Waals surface area contributed by atoms with Crippen molar-refractivity contribution >= 4 is 17.7 Å². The third kappa shape index (κ3) is 7.20. The van der Waals surface area contributed by atoms with E-state index in [0.717, 1.165) is 0 Å². The summed E-state index contributed by atoms with van der Waals surface area (Å²) in [7, 11) is 0. The number of rotatable bonds is 8. The predicted molar refractivity (Wildman–Crippen MR) is 84.2 cm³/mol. The number of Topliss-reactive ketones (excluding diaryl/α,β-unsaturated/α-hetero) is 1. The first-order valence-electron chi connectivity index (χ1n) is 8.06. The summed E-state index contributed by atoms with van der Waals surface area (Å²) in [6.45, 7) is 1.56. The van der Waals surface area contributed by atoms with E-state index in [2.05, 4.69) is 0 Å². The number of halogens is 6. The highest BCUT2D eigenvalue weighted by Gasteiger charge is 2.37. The number of hydrogen-bond donors (Lipinski definition) is 2. The molecule has 1 atom stereocenters. The van der Waals surface area contributed by atoms with Gasteiger partial charge in [0.2, 0.25) is 5.91 Å². The lowest BCUT2D eigenvalue weighted by Crippen LogP contribution is -2.41. The highest BCUT2D eigenvalue weighted by Crippen LogP contribution is 2.36. The molecule has 1 aromatic rings. The van der Waals surface area contributed by atoms with Crippen LogP contribution in [0.3, 0.4) is 0 Å². The molecule has 2 N–H and O–H groups in total. The van der Waals surface area contributed by atoms with E-state index < -0.39 is 53.4 Å². The van der Waals surface area contributed by atoms with Crippen LogP contribution >= 0.6 is 0 Å². The molecule has 1 aromatic carbocycles. The van der Waals surface area contributed by atoms with E-state index in [1.807, 2.05) is 5.32 Å². The lowest BCUT2D eigenvalue weighted by Gasteiger charge is -2.16. The quantitative estimate of drug-likeness (QED) is 0.638. The Bertz CT molecular complexity index is 710. The van der Waals surface area contributed by atoms with Crippen LogP contribution < -0.4 is 5.32 Å². The van der Waals surface area contributed by atoms with Crippen LogP contribution in [0.5, 0.6) is 0 Å². The van der Waals surface area contributed by atoms with Gasteiger partial charge in [-0.05, 0) is 30.2 Å². The molecule has 0 saturated carbocycles. The Balaban J connectivity index is 3.00. The number of alkyl halides is 6. The van der Waals surface area contributed by atoms with Crippen molar-refractivity contribution in [3.05, 3.63) is 34.9 Å². The van der Waals surface area contributed by atoms with Crippen molar-refractivity contribution in [3.63, 3.8) is 0 Å². The topological polar surface area (TPSA) is 83.5 Å². The molecular formula is C17H17F6NO4. The van der Waals surface area contributed by atoms with Crippen molar-refractivity contribution in [2.75, 3.05) is 0 Å². The van der Waals surface area contributed by atoms with Gasteiger partial charge in [-0.1, -0.05) is 6.92 Å². The van der Waals surface area contributed by atoms with Crippen molar-refractivity contribution in [2.45, 2.75) is 51.0 Å².